The monoisotopic (exact) mass is 286 g/mol. The van der Waals surface area contributed by atoms with Crippen molar-refractivity contribution in [1.82, 2.24) is 5.48 Å². The Morgan fingerprint density at radius 1 is 1.05 bits per heavy atom. The van der Waals surface area contributed by atoms with Gasteiger partial charge in [-0.15, -0.1) is 0 Å². The third-order valence-corrected chi connectivity index (χ3v) is 3.32. The Labute approximate surface area is 121 Å². The van der Waals surface area contributed by atoms with Gasteiger partial charge in [-0.05, 0) is 47.9 Å². The van der Waals surface area contributed by atoms with Crippen LogP contribution in [0.15, 0.2) is 65.6 Å². The summed E-state index contributed by atoms with van der Waals surface area (Å²) in [7, 11) is 0. The van der Waals surface area contributed by atoms with Crippen LogP contribution in [-0.4, -0.2) is 11.1 Å². The molecular weight excluding hydrogens is 272 g/mol. The Hall–Kier alpha value is -2.24. The predicted molar refractivity (Wildman–Crippen MR) is 81.3 cm³/mol. The normalized spacial score (nSPS) is 10.4. The van der Waals surface area contributed by atoms with Gasteiger partial charge in [-0.25, -0.2) is 5.48 Å². The lowest BCUT2D eigenvalue weighted by atomic mass is 10.2. The van der Waals surface area contributed by atoms with Gasteiger partial charge in [-0.3, -0.25) is 10.0 Å². The third-order valence-electron chi connectivity index (χ3n) is 2.48. The van der Waals surface area contributed by atoms with Crippen LogP contribution in [0.2, 0.25) is 0 Å². The molecule has 1 amide bonds. The zero-order chi connectivity index (χ0) is 14.2. The van der Waals surface area contributed by atoms with Crippen molar-refractivity contribution < 1.29 is 10.0 Å². The molecule has 0 aliphatic carbocycles. The second-order valence-electron chi connectivity index (χ2n) is 3.95. The van der Waals surface area contributed by atoms with Gasteiger partial charge in [0.1, 0.15) is 0 Å². The van der Waals surface area contributed by atoms with Gasteiger partial charge in [0.25, 0.3) is 5.91 Å². The lowest BCUT2D eigenvalue weighted by molar-refractivity contribution is -0.124. The smallest absolute Gasteiger partial charge is 0.267 e. The van der Waals surface area contributed by atoms with E-state index in [1.807, 2.05) is 54.6 Å². The van der Waals surface area contributed by atoms with Gasteiger partial charge in [0, 0.05) is 16.7 Å². The van der Waals surface area contributed by atoms with Crippen LogP contribution in [0.3, 0.4) is 0 Å². The number of carbonyl (C=O) groups excluding carboxylic acids is 1. The Balaban J connectivity index is 1.91. The molecule has 20 heavy (non-hydrogen) atoms. The first-order valence-corrected chi connectivity index (χ1v) is 6.80. The molecule has 2 aromatic rings. The zero-order valence-electron chi connectivity index (χ0n) is 10.6. The van der Waals surface area contributed by atoms with Crippen molar-refractivity contribution in [2.45, 2.75) is 4.90 Å². The number of rotatable bonds is 5. The van der Waals surface area contributed by atoms with Crippen molar-refractivity contribution in [1.29, 1.82) is 0 Å². The molecule has 2 aromatic carbocycles. The van der Waals surface area contributed by atoms with E-state index in [0.29, 0.717) is 0 Å². The average Bonchev–Trinajstić information content (AvgIpc) is 2.52. The van der Waals surface area contributed by atoms with Gasteiger partial charge in [0.2, 0.25) is 0 Å². The van der Waals surface area contributed by atoms with Gasteiger partial charge >= 0.3 is 0 Å². The number of anilines is 1. The number of carbonyl (C=O) groups is 1. The van der Waals surface area contributed by atoms with Crippen LogP contribution in [-0.2, 0) is 4.79 Å². The molecule has 2 rings (SSSR count). The summed E-state index contributed by atoms with van der Waals surface area (Å²) in [6.45, 7) is 0. The molecule has 0 atom stereocenters. The summed E-state index contributed by atoms with van der Waals surface area (Å²) in [5.74, 6) is -0.547. The summed E-state index contributed by atoms with van der Waals surface area (Å²) in [4.78, 5) is 11.9. The van der Waals surface area contributed by atoms with Crippen LogP contribution < -0.4 is 10.2 Å². The van der Waals surface area contributed by atoms with Gasteiger partial charge in [0.05, 0.1) is 0 Å². The molecule has 0 aliphatic rings. The van der Waals surface area contributed by atoms with Crippen LogP contribution in [0, 0.1) is 0 Å². The highest BCUT2D eigenvalue weighted by Gasteiger charge is 1.96. The fourth-order valence-electron chi connectivity index (χ4n) is 1.48. The van der Waals surface area contributed by atoms with E-state index in [-0.39, 0.29) is 0 Å². The number of hydrogen-bond donors (Lipinski definition) is 3. The Morgan fingerprint density at radius 2 is 1.75 bits per heavy atom. The number of hydroxylamine groups is 1. The van der Waals surface area contributed by atoms with Crippen molar-refractivity contribution in [3.8, 4) is 0 Å². The van der Waals surface area contributed by atoms with Crippen molar-refractivity contribution in [3.05, 3.63) is 66.2 Å². The number of para-hydroxylation sites is 1. The van der Waals surface area contributed by atoms with Crippen LogP contribution in [0.4, 0.5) is 5.69 Å². The SMILES string of the molecule is O=C(/C=C/c1ccc(SNc2ccccc2)cc1)NO. The number of benzene rings is 2. The molecule has 0 fully saturated rings. The second-order valence-corrected chi connectivity index (χ2v) is 4.83. The minimum atomic E-state index is -0.547. The van der Waals surface area contributed by atoms with Gasteiger partial charge in [-0.1, -0.05) is 30.3 Å². The third kappa shape index (κ3) is 4.46. The summed E-state index contributed by atoms with van der Waals surface area (Å²) in [5.41, 5.74) is 3.47. The molecule has 0 saturated carbocycles. The number of amides is 1. The zero-order valence-corrected chi connectivity index (χ0v) is 11.4. The van der Waals surface area contributed by atoms with E-state index in [2.05, 4.69) is 4.72 Å². The van der Waals surface area contributed by atoms with Crippen LogP contribution in [0.25, 0.3) is 6.08 Å². The second kappa shape index (κ2) is 7.37. The lowest BCUT2D eigenvalue weighted by Gasteiger charge is -2.05. The van der Waals surface area contributed by atoms with E-state index >= 15 is 0 Å². The highest BCUT2D eigenvalue weighted by atomic mass is 32.2. The summed E-state index contributed by atoms with van der Waals surface area (Å²) in [6.07, 6.45) is 2.90. The highest BCUT2D eigenvalue weighted by molar-refractivity contribution is 8.00. The molecule has 0 spiro atoms. The Bertz CT molecular complexity index is 583. The summed E-state index contributed by atoms with van der Waals surface area (Å²) in [5, 5.41) is 8.37. The lowest BCUT2D eigenvalue weighted by Crippen LogP contribution is -2.14. The van der Waals surface area contributed by atoms with E-state index in [1.165, 1.54) is 18.0 Å². The molecule has 0 aliphatic heterocycles. The molecule has 0 aromatic heterocycles. The molecule has 0 heterocycles. The van der Waals surface area contributed by atoms with E-state index in [4.69, 9.17) is 5.21 Å². The predicted octanol–water partition coefficient (Wildman–Crippen LogP) is 3.32. The molecule has 5 heteroatoms. The topological polar surface area (TPSA) is 61.4 Å². The van der Waals surface area contributed by atoms with E-state index in [0.717, 1.165) is 16.1 Å². The minimum absolute atomic E-state index is 0.547. The summed E-state index contributed by atoms with van der Waals surface area (Å²) in [6, 6.07) is 17.6. The standard InChI is InChI=1S/C15H14N2O2S/c18-15(16-19)11-8-12-6-9-14(10-7-12)20-17-13-4-2-1-3-5-13/h1-11,17,19H,(H,16,18)/b11-8+. The quantitative estimate of drug-likeness (QED) is 0.341. The molecule has 0 radical (unpaired) electrons. The largest absolute Gasteiger partial charge is 0.326 e. The minimum Gasteiger partial charge on any atom is -0.326 e. The first kappa shape index (κ1) is 14.2. The first-order valence-electron chi connectivity index (χ1n) is 5.98. The van der Waals surface area contributed by atoms with Crippen LogP contribution in [0.1, 0.15) is 5.56 Å². The van der Waals surface area contributed by atoms with E-state index in [1.54, 1.807) is 11.6 Å². The van der Waals surface area contributed by atoms with Gasteiger partial charge in [-0.2, -0.15) is 0 Å². The average molecular weight is 286 g/mol. The maximum absolute atomic E-state index is 10.8. The number of nitrogens with one attached hydrogen (secondary N) is 2. The maximum Gasteiger partial charge on any atom is 0.267 e. The molecule has 0 saturated heterocycles. The van der Waals surface area contributed by atoms with Crippen molar-refractivity contribution in [2.75, 3.05) is 4.72 Å². The maximum atomic E-state index is 10.8. The molecule has 0 unspecified atom stereocenters. The molecule has 0 bridgehead atoms. The molecule has 3 N–H and O–H groups in total. The fraction of sp³-hybridized carbons (Fsp3) is 0. The van der Waals surface area contributed by atoms with Crippen LogP contribution >= 0.6 is 11.9 Å². The Morgan fingerprint density at radius 3 is 2.40 bits per heavy atom. The molecule has 102 valence electrons. The van der Waals surface area contributed by atoms with Gasteiger partial charge in [0.15, 0.2) is 0 Å². The molecular formula is C15H14N2O2S. The molecule has 4 nitrogen and oxygen atoms in total. The number of hydrogen-bond acceptors (Lipinski definition) is 4. The summed E-state index contributed by atoms with van der Waals surface area (Å²) >= 11 is 1.52. The van der Waals surface area contributed by atoms with E-state index in [9.17, 15) is 4.79 Å². The van der Waals surface area contributed by atoms with Gasteiger partial charge < -0.3 is 4.72 Å². The van der Waals surface area contributed by atoms with Crippen molar-refractivity contribution in [2.24, 2.45) is 0 Å². The van der Waals surface area contributed by atoms with Crippen molar-refractivity contribution in [3.63, 3.8) is 0 Å². The van der Waals surface area contributed by atoms with Crippen molar-refractivity contribution >= 4 is 29.6 Å². The van der Waals surface area contributed by atoms with Crippen LogP contribution in [0.5, 0.6) is 0 Å². The Kier molecular flexibility index (Phi) is 5.23. The first-order chi connectivity index (χ1) is 9.78. The fourth-order valence-corrected chi connectivity index (χ4v) is 2.12. The van der Waals surface area contributed by atoms with E-state index < -0.39 is 5.91 Å². The highest BCUT2D eigenvalue weighted by Crippen LogP contribution is 2.21. The summed E-state index contributed by atoms with van der Waals surface area (Å²) < 4.78 is 3.24.